The number of hydrogen-bond donors (Lipinski definition) is 3. The van der Waals surface area contributed by atoms with Crippen LogP contribution in [0.2, 0.25) is 0 Å². The van der Waals surface area contributed by atoms with Gasteiger partial charge in [-0.3, -0.25) is 39.2 Å². The van der Waals surface area contributed by atoms with E-state index < -0.39 is 29.7 Å². The first kappa shape index (κ1) is 35.7. The summed E-state index contributed by atoms with van der Waals surface area (Å²) in [5.74, 6) is -1.27. The van der Waals surface area contributed by atoms with Crippen LogP contribution in [0.4, 0.5) is 15.8 Å². The second-order valence-corrected chi connectivity index (χ2v) is 14.1. The number of pyridine rings is 1. The van der Waals surface area contributed by atoms with Crippen LogP contribution < -0.4 is 20.7 Å². The molecular weight excluding hydrogens is 677 g/mol. The SMILES string of the molecule is C[C@@H](C(=O)Nc1ccc(OCCCCNc2cccc3c2C(=O)N(C2CCC(=O)NC2=O)C3=O)cc1)[C@H]1CC[C@@H](c2ccnc3ccc(F)cc32)CC1. The number of aromatic nitrogens is 1. The van der Waals surface area contributed by atoms with Crippen molar-refractivity contribution in [2.45, 2.75) is 70.3 Å². The van der Waals surface area contributed by atoms with E-state index in [1.807, 2.05) is 37.3 Å². The number of carbonyl (C=O) groups is 5. The van der Waals surface area contributed by atoms with Crippen molar-refractivity contribution in [2.24, 2.45) is 11.8 Å². The van der Waals surface area contributed by atoms with Gasteiger partial charge in [-0.1, -0.05) is 13.0 Å². The topological polar surface area (TPSA) is 147 Å². The highest BCUT2D eigenvalue weighted by Gasteiger charge is 2.45. The number of nitrogens with one attached hydrogen (secondary N) is 3. The summed E-state index contributed by atoms with van der Waals surface area (Å²) in [6, 6.07) is 18.0. The van der Waals surface area contributed by atoms with Crippen LogP contribution >= 0.6 is 0 Å². The molecule has 274 valence electrons. The fraction of sp³-hybridized carbons (Fsp3) is 0.366. The molecule has 1 saturated carbocycles. The van der Waals surface area contributed by atoms with E-state index >= 15 is 0 Å². The Morgan fingerprint density at radius 3 is 2.53 bits per heavy atom. The lowest BCUT2D eigenvalue weighted by Gasteiger charge is -2.32. The van der Waals surface area contributed by atoms with Crippen molar-refractivity contribution in [3.63, 3.8) is 0 Å². The fourth-order valence-electron chi connectivity index (χ4n) is 7.83. The van der Waals surface area contributed by atoms with Gasteiger partial charge in [-0.15, -0.1) is 0 Å². The minimum Gasteiger partial charge on any atom is -0.494 e. The van der Waals surface area contributed by atoms with E-state index in [-0.39, 0.29) is 47.5 Å². The van der Waals surface area contributed by atoms with Gasteiger partial charge in [0, 0.05) is 41.8 Å². The van der Waals surface area contributed by atoms with Gasteiger partial charge in [0.05, 0.1) is 23.3 Å². The van der Waals surface area contributed by atoms with E-state index in [4.69, 9.17) is 4.74 Å². The molecule has 11 nitrogen and oxygen atoms in total. The summed E-state index contributed by atoms with van der Waals surface area (Å²) in [6.07, 6.45) is 7.16. The predicted molar refractivity (Wildman–Crippen MR) is 197 cm³/mol. The summed E-state index contributed by atoms with van der Waals surface area (Å²) in [5, 5.41) is 9.39. The first-order chi connectivity index (χ1) is 25.7. The molecule has 5 amide bonds. The Bertz CT molecular complexity index is 2060. The summed E-state index contributed by atoms with van der Waals surface area (Å²) in [7, 11) is 0. The zero-order valence-corrected chi connectivity index (χ0v) is 29.5. The first-order valence-corrected chi connectivity index (χ1v) is 18.3. The van der Waals surface area contributed by atoms with Gasteiger partial charge in [0.1, 0.15) is 17.6 Å². The highest BCUT2D eigenvalue weighted by molar-refractivity contribution is 6.25. The molecule has 7 rings (SSSR count). The second kappa shape index (κ2) is 15.5. The average Bonchev–Trinajstić information content (AvgIpc) is 3.42. The number of unbranched alkanes of at least 4 members (excludes halogenated alkanes) is 1. The van der Waals surface area contributed by atoms with Crippen LogP contribution in [0.25, 0.3) is 10.9 Å². The van der Waals surface area contributed by atoms with Crippen LogP contribution in [0, 0.1) is 17.7 Å². The number of carbonyl (C=O) groups excluding carboxylic acids is 5. The van der Waals surface area contributed by atoms with Crippen LogP contribution in [0.15, 0.2) is 72.9 Å². The van der Waals surface area contributed by atoms with Crippen molar-refractivity contribution in [3.05, 3.63) is 95.4 Å². The van der Waals surface area contributed by atoms with Gasteiger partial charge in [0.25, 0.3) is 11.8 Å². The number of halogens is 1. The molecule has 3 aliphatic rings. The number of rotatable bonds is 12. The van der Waals surface area contributed by atoms with Crippen LogP contribution in [0.5, 0.6) is 5.75 Å². The molecule has 1 aliphatic carbocycles. The van der Waals surface area contributed by atoms with Gasteiger partial charge in [0.15, 0.2) is 0 Å². The molecule has 2 atom stereocenters. The Kier molecular flexibility index (Phi) is 10.5. The Labute approximate surface area is 306 Å². The van der Waals surface area contributed by atoms with Crippen molar-refractivity contribution in [1.29, 1.82) is 0 Å². The lowest BCUT2D eigenvalue weighted by molar-refractivity contribution is -0.136. The van der Waals surface area contributed by atoms with Gasteiger partial charge in [0.2, 0.25) is 17.7 Å². The largest absolute Gasteiger partial charge is 0.494 e. The Morgan fingerprint density at radius 1 is 0.962 bits per heavy atom. The monoisotopic (exact) mass is 719 g/mol. The molecule has 12 heteroatoms. The normalized spacial score (nSPS) is 20.6. The zero-order chi connectivity index (χ0) is 37.1. The average molecular weight is 720 g/mol. The van der Waals surface area contributed by atoms with Gasteiger partial charge in [-0.25, -0.2) is 4.39 Å². The van der Waals surface area contributed by atoms with E-state index in [9.17, 15) is 28.4 Å². The number of ether oxygens (including phenoxy) is 1. The summed E-state index contributed by atoms with van der Waals surface area (Å²) in [6.45, 7) is 2.98. The van der Waals surface area contributed by atoms with Gasteiger partial charge in [-0.05, 0) is 123 Å². The zero-order valence-electron chi connectivity index (χ0n) is 29.5. The molecule has 2 aliphatic heterocycles. The number of hydrogen-bond acceptors (Lipinski definition) is 8. The number of anilines is 2. The molecule has 53 heavy (non-hydrogen) atoms. The number of piperidine rings is 1. The summed E-state index contributed by atoms with van der Waals surface area (Å²) >= 11 is 0. The summed E-state index contributed by atoms with van der Waals surface area (Å²) < 4.78 is 19.9. The van der Waals surface area contributed by atoms with Crippen LogP contribution in [-0.2, 0) is 14.4 Å². The quantitative estimate of drug-likeness (QED) is 0.110. The maximum absolute atomic E-state index is 14.0. The van der Waals surface area contributed by atoms with Crippen LogP contribution in [-0.4, -0.2) is 58.6 Å². The number of amides is 5. The smallest absolute Gasteiger partial charge is 0.264 e. The number of imide groups is 2. The second-order valence-electron chi connectivity index (χ2n) is 14.1. The number of benzene rings is 3. The molecule has 3 aromatic carbocycles. The van der Waals surface area contributed by atoms with Crippen LogP contribution in [0.3, 0.4) is 0 Å². The third kappa shape index (κ3) is 7.62. The lowest BCUT2D eigenvalue weighted by Crippen LogP contribution is -2.54. The van der Waals surface area contributed by atoms with E-state index in [0.29, 0.717) is 36.2 Å². The molecule has 1 aromatic heterocycles. The van der Waals surface area contributed by atoms with Gasteiger partial charge < -0.3 is 15.4 Å². The standard InChI is InChI=1S/C41H42FN5O6/c1-24(25-7-9-26(10-8-25)30-19-21-44-33-16-11-27(42)23-32(30)33)38(49)45-28-12-14-29(15-13-28)53-22-3-2-20-43-34-6-4-5-31-37(34)41(52)47(40(31)51)35-17-18-36(48)46-39(35)50/h4-6,11-16,19,21,23-26,35,43H,2-3,7-10,17-18,20,22H2,1H3,(H,45,49)(H,46,48,50)/t24-,25-,26+,35?/m1/s1. The maximum Gasteiger partial charge on any atom is 0.264 e. The van der Waals surface area contributed by atoms with Gasteiger partial charge >= 0.3 is 0 Å². The van der Waals surface area contributed by atoms with Crippen molar-refractivity contribution >= 4 is 51.8 Å². The summed E-state index contributed by atoms with van der Waals surface area (Å²) in [4.78, 5) is 68.8. The van der Waals surface area contributed by atoms with E-state index in [1.54, 1.807) is 36.5 Å². The molecule has 3 N–H and O–H groups in total. The minimum atomic E-state index is -1.01. The van der Waals surface area contributed by atoms with Crippen molar-refractivity contribution in [2.75, 3.05) is 23.8 Å². The number of fused-ring (bicyclic) bond motifs is 2. The van der Waals surface area contributed by atoms with Crippen molar-refractivity contribution in [1.82, 2.24) is 15.2 Å². The third-order valence-corrected chi connectivity index (χ3v) is 10.8. The van der Waals surface area contributed by atoms with Crippen LogP contribution in [0.1, 0.15) is 90.5 Å². The molecular formula is C41H42FN5O6. The Morgan fingerprint density at radius 2 is 1.75 bits per heavy atom. The molecule has 0 radical (unpaired) electrons. The Hall–Kier alpha value is -5.65. The van der Waals surface area contributed by atoms with Gasteiger partial charge in [-0.2, -0.15) is 0 Å². The van der Waals surface area contributed by atoms with E-state index in [1.165, 1.54) is 6.07 Å². The molecule has 3 heterocycles. The molecule has 0 bridgehead atoms. The first-order valence-electron chi connectivity index (χ1n) is 18.3. The Balaban J connectivity index is 0.830. The minimum absolute atomic E-state index is 0.00939. The molecule has 0 spiro atoms. The molecule has 4 aromatic rings. The predicted octanol–water partition coefficient (Wildman–Crippen LogP) is 6.59. The third-order valence-electron chi connectivity index (χ3n) is 10.8. The maximum atomic E-state index is 14.0. The van der Waals surface area contributed by atoms with E-state index in [0.717, 1.165) is 59.9 Å². The van der Waals surface area contributed by atoms with E-state index in [2.05, 4.69) is 20.9 Å². The number of nitrogens with zero attached hydrogens (tertiary/aromatic N) is 2. The van der Waals surface area contributed by atoms with Crippen molar-refractivity contribution < 1.29 is 33.1 Å². The van der Waals surface area contributed by atoms with Crippen molar-refractivity contribution in [3.8, 4) is 5.75 Å². The molecule has 1 saturated heterocycles. The molecule has 1 unspecified atom stereocenters. The lowest BCUT2D eigenvalue weighted by atomic mass is 9.73. The highest BCUT2D eigenvalue weighted by atomic mass is 19.1. The highest BCUT2D eigenvalue weighted by Crippen LogP contribution is 2.41. The fourth-order valence-corrected chi connectivity index (χ4v) is 7.83. The summed E-state index contributed by atoms with van der Waals surface area (Å²) in [5.41, 5.74) is 3.64. The molecule has 2 fully saturated rings.